The van der Waals surface area contributed by atoms with Crippen LogP contribution in [0, 0.1) is 0 Å². The molecule has 0 saturated carbocycles. The molecule has 0 fully saturated rings. The average molecular weight is 255 g/mol. The van der Waals surface area contributed by atoms with Crippen molar-refractivity contribution < 1.29 is 14.6 Å². The van der Waals surface area contributed by atoms with Gasteiger partial charge in [-0.1, -0.05) is 0 Å². The van der Waals surface area contributed by atoms with Crippen LogP contribution in [-0.2, 0) is 0 Å². The molecule has 3 N–H and O–H groups in total. The lowest BCUT2D eigenvalue weighted by molar-refractivity contribution is 0.171. The van der Waals surface area contributed by atoms with Gasteiger partial charge in [-0.3, -0.25) is 0 Å². The van der Waals surface area contributed by atoms with Crippen molar-refractivity contribution in [2.45, 2.75) is 17.4 Å². The Morgan fingerprint density at radius 1 is 1.35 bits per heavy atom. The van der Waals surface area contributed by atoms with Crippen LogP contribution < -0.4 is 15.2 Å². The summed E-state index contributed by atoms with van der Waals surface area (Å²) in [6, 6.07) is 5.84. The average Bonchev–Trinajstić information content (AvgIpc) is 2.36. The first-order chi connectivity index (χ1) is 8.11. The Morgan fingerprint density at radius 3 is 2.76 bits per heavy atom. The van der Waals surface area contributed by atoms with Crippen molar-refractivity contribution in [1.82, 2.24) is 0 Å². The standard InChI is InChI=1S/C12H17NO3S/c1-12(13,7-14)8-17-9-2-3-10-11(6-9)16-5-4-15-10/h2-3,6,14H,4-5,7-8,13H2,1H3. The molecule has 0 saturated heterocycles. The molecule has 1 aliphatic rings. The summed E-state index contributed by atoms with van der Waals surface area (Å²) in [5, 5.41) is 9.08. The predicted molar refractivity (Wildman–Crippen MR) is 67.8 cm³/mol. The number of ether oxygens (including phenoxy) is 2. The number of nitrogens with two attached hydrogens (primary N) is 1. The molecule has 0 bridgehead atoms. The molecule has 17 heavy (non-hydrogen) atoms. The maximum absolute atomic E-state index is 9.08. The number of thioether (sulfide) groups is 1. The Kier molecular flexibility index (Phi) is 3.81. The maximum Gasteiger partial charge on any atom is 0.162 e. The molecule has 1 atom stereocenters. The minimum absolute atomic E-state index is 0.0233. The number of aliphatic hydroxyl groups excluding tert-OH is 1. The Bertz CT molecular complexity index is 395. The van der Waals surface area contributed by atoms with Gasteiger partial charge in [0.1, 0.15) is 13.2 Å². The summed E-state index contributed by atoms with van der Waals surface area (Å²) < 4.78 is 10.9. The number of hydrogen-bond donors (Lipinski definition) is 2. The fraction of sp³-hybridized carbons (Fsp3) is 0.500. The second kappa shape index (κ2) is 5.16. The van der Waals surface area contributed by atoms with Gasteiger partial charge in [-0.15, -0.1) is 11.8 Å². The smallest absolute Gasteiger partial charge is 0.162 e. The molecule has 0 amide bonds. The van der Waals surface area contributed by atoms with Crippen LogP contribution >= 0.6 is 11.8 Å². The molecule has 0 aliphatic carbocycles. The van der Waals surface area contributed by atoms with E-state index in [2.05, 4.69) is 0 Å². The van der Waals surface area contributed by atoms with E-state index in [9.17, 15) is 0 Å². The summed E-state index contributed by atoms with van der Waals surface area (Å²) in [6.45, 7) is 3.00. The summed E-state index contributed by atoms with van der Waals surface area (Å²) >= 11 is 1.60. The van der Waals surface area contributed by atoms with Gasteiger partial charge in [-0.25, -0.2) is 0 Å². The summed E-state index contributed by atoms with van der Waals surface area (Å²) in [5.41, 5.74) is 5.32. The van der Waals surface area contributed by atoms with E-state index < -0.39 is 5.54 Å². The topological polar surface area (TPSA) is 64.7 Å². The van der Waals surface area contributed by atoms with Crippen LogP contribution in [-0.4, -0.2) is 36.2 Å². The molecule has 2 rings (SSSR count). The van der Waals surface area contributed by atoms with Gasteiger partial charge < -0.3 is 20.3 Å². The molecule has 1 heterocycles. The third-order valence-electron chi connectivity index (χ3n) is 2.44. The number of benzene rings is 1. The molecule has 1 unspecified atom stereocenters. The first-order valence-corrected chi connectivity index (χ1v) is 6.51. The van der Waals surface area contributed by atoms with E-state index in [1.165, 1.54) is 0 Å². The van der Waals surface area contributed by atoms with Crippen molar-refractivity contribution in [2.24, 2.45) is 5.73 Å². The minimum Gasteiger partial charge on any atom is -0.486 e. The number of aliphatic hydroxyl groups is 1. The summed E-state index contributed by atoms with van der Waals surface area (Å²) in [6.07, 6.45) is 0. The second-order valence-corrected chi connectivity index (χ2v) is 5.46. The van der Waals surface area contributed by atoms with Gasteiger partial charge in [-0.2, -0.15) is 0 Å². The normalized spacial score (nSPS) is 17.6. The highest BCUT2D eigenvalue weighted by Gasteiger charge is 2.18. The predicted octanol–water partition coefficient (Wildman–Crippen LogP) is 1.26. The lowest BCUT2D eigenvalue weighted by Gasteiger charge is -2.22. The molecular formula is C12H17NO3S. The van der Waals surface area contributed by atoms with Crippen LogP contribution in [0.5, 0.6) is 11.5 Å². The number of hydrogen-bond acceptors (Lipinski definition) is 5. The second-order valence-electron chi connectivity index (χ2n) is 4.41. The molecule has 5 heteroatoms. The minimum atomic E-state index is -0.558. The Morgan fingerprint density at radius 2 is 2.06 bits per heavy atom. The molecule has 1 aromatic carbocycles. The van der Waals surface area contributed by atoms with E-state index in [0.29, 0.717) is 19.0 Å². The van der Waals surface area contributed by atoms with Crippen LogP contribution in [0.3, 0.4) is 0 Å². The van der Waals surface area contributed by atoms with Crippen LogP contribution in [0.15, 0.2) is 23.1 Å². The van der Waals surface area contributed by atoms with E-state index >= 15 is 0 Å². The van der Waals surface area contributed by atoms with Crippen LogP contribution in [0.1, 0.15) is 6.92 Å². The van der Waals surface area contributed by atoms with E-state index in [1.807, 2.05) is 25.1 Å². The fourth-order valence-electron chi connectivity index (χ4n) is 1.41. The van der Waals surface area contributed by atoms with E-state index in [-0.39, 0.29) is 6.61 Å². The number of fused-ring (bicyclic) bond motifs is 1. The molecule has 1 aliphatic heterocycles. The van der Waals surface area contributed by atoms with Crippen LogP contribution in [0.2, 0.25) is 0 Å². The van der Waals surface area contributed by atoms with E-state index in [4.69, 9.17) is 20.3 Å². The van der Waals surface area contributed by atoms with Crippen molar-refractivity contribution in [3.8, 4) is 11.5 Å². The molecule has 1 aromatic rings. The summed E-state index contributed by atoms with van der Waals surface area (Å²) in [4.78, 5) is 1.07. The van der Waals surface area contributed by atoms with Gasteiger partial charge in [0.05, 0.1) is 6.61 Å². The largest absolute Gasteiger partial charge is 0.486 e. The quantitative estimate of drug-likeness (QED) is 0.793. The molecular weight excluding hydrogens is 238 g/mol. The van der Waals surface area contributed by atoms with Gasteiger partial charge in [0.15, 0.2) is 11.5 Å². The van der Waals surface area contributed by atoms with Gasteiger partial charge in [0.25, 0.3) is 0 Å². The fourth-order valence-corrected chi connectivity index (χ4v) is 2.35. The van der Waals surface area contributed by atoms with E-state index in [0.717, 1.165) is 16.4 Å². The number of rotatable bonds is 4. The first-order valence-electron chi connectivity index (χ1n) is 5.53. The Labute approximate surface area is 105 Å². The van der Waals surface area contributed by atoms with Gasteiger partial charge >= 0.3 is 0 Å². The molecule has 0 radical (unpaired) electrons. The molecule has 0 spiro atoms. The first kappa shape index (κ1) is 12.5. The highest BCUT2D eigenvalue weighted by molar-refractivity contribution is 7.99. The highest BCUT2D eigenvalue weighted by atomic mass is 32.2. The van der Waals surface area contributed by atoms with E-state index in [1.54, 1.807) is 11.8 Å². The Hall–Kier alpha value is -0.910. The molecule has 4 nitrogen and oxygen atoms in total. The maximum atomic E-state index is 9.08. The molecule has 94 valence electrons. The van der Waals surface area contributed by atoms with Gasteiger partial charge in [-0.05, 0) is 25.1 Å². The van der Waals surface area contributed by atoms with Crippen LogP contribution in [0.25, 0.3) is 0 Å². The Balaban J connectivity index is 2.02. The SMILES string of the molecule is CC(N)(CO)CSc1ccc2c(c1)OCCO2. The van der Waals surface area contributed by atoms with Crippen molar-refractivity contribution in [2.75, 3.05) is 25.6 Å². The van der Waals surface area contributed by atoms with Gasteiger partial charge in [0, 0.05) is 16.2 Å². The zero-order valence-electron chi connectivity index (χ0n) is 9.81. The lowest BCUT2D eigenvalue weighted by Crippen LogP contribution is -2.42. The van der Waals surface area contributed by atoms with Crippen molar-refractivity contribution in [3.05, 3.63) is 18.2 Å². The van der Waals surface area contributed by atoms with Crippen molar-refractivity contribution in [1.29, 1.82) is 0 Å². The van der Waals surface area contributed by atoms with Crippen molar-refractivity contribution in [3.63, 3.8) is 0 Å². The zero-order valence-corrected chi connectivity index (χ0v) is 10.6. The lowest BCUT2D eigenvalue weighted by atomic mass is 10.1. The summed E-state index contributed by atoms with van der Waals surface area (Å²) in [5.74, 6) is 2.23. The zero-order chi connectivity index (χ0) is 12.3. The van der Waals surface area contributed by atoms with Gasteiger partial charge in [0.2, 0.25) is 0 Å². The third kappa shape index (κ3) is 3.28. The third-order valence-corrected chi connectivity index (χ3v) is 3.83. The highest BCUT2D eigenvalue weighted by Crippen LogP contribution is 2.34. The van der Waals surface area contributed by atoms with Crippen LogP contribution in [0.4, 0.5) is 0 Å². The molecule has 0 aromatic heterocycles. The monoisotopic (exact) mass is 255 g/mol. The van der Waals surface area contributed by atoms with Crippen molar-refractivity contribution >= 4 is 11.8 Å². The summed E-state index contributed by atoms with van der Waals surface area (Å²) in [7, 11) is 0.